The number of rotatable bonds is 3. The topological polar surface area (TPSA) is 70.9 Å². The van der Waals surface area contributed by atoms with Crippen LogP contribution in [-0.2, 0) is 10.3 Å². The molecule has 5 nitrogen and oxygen atoms in total. The summed E-state index contributed by atoms with van der Waals surface area (Å²) in [4.78, 5) is 17.1. The smallest absolute Gasteiger partial charge is 0.257 e. The maximum absolute atomic E-state index is 14.6. The highest BCUT2D eigenvalue weighted by atomic mass is 32.2. The van der Waals surface area contributed by atoms with Crippen LogP contribution in [0.5, 0.6) is 0 Å². The van der Waals surface area contributed by atoms with Crippen LogP contribution in [0.15, 0.2) is 53.5 Å². The molecular formula is C20H18F2N2O3S. The minimum absolute atomic E-state index is 0.00542. The third kappa shape index (κ3) is 3.21. The van der Waals surface area contributed by atoms with Gasteiger partial charge in [-0.15, -0.1) is 0 Å². The summed E-state index contributed by atoms with van der Waals surface area (Å²) >= 11 is 1.30. The first-order valence-corrected chi connectivity index (χ1v) is 9.80. The molecule has 0 saturated carbocycles. The number of nitrogens with one attached hydrogen (secondary N) is 1. The molecule has 2 N–H and O–H groups in total. The van der Waals surface area contributed by atoms with E-state index in [1.807, 2.05) is 0 Å². The Hall–Kier alpha value is -2.29. The lowest BCUT2D eigenvalue weighted by Gasteiger charge is -2.36. The fourth-order valence-electron chi connectivity index (χ4n) is 3.69. The van der Waals surface area contributed by atoms with Crippen LogP contribution in [-0.4, -0.2) is 41.3 Å². The van der Waals surface area contributed by atoms with Gasteiger partial charge < -0.3 is 15.2 Å². The molecule has 0 radical (unpaired) electrons. The average molecular weight is 404 g/mol. The molecular weight excluding hydrogens is 386 g/mol. The van der Waals surface area contributed by atoms with Crippen LogP contribution in [0.25, 0.3) is 0 Å². The van der Waals surface area contributed by atoms with Crippen LogP contribution >= 0.6 is 11.8 Å². The second kappa shape index (κ2) is 7.62. The molecule has 2 aliphatic rings. The highest BCUT2D eigenvalue weighted by Gasteiger charge is 2.54. The molecule has 2 aromatic carbocycles. The number of ether oxygens (including phenoxy) is 1. The Morgan fingerprint density at radius 2 is 2.04 bits per heavy atom. The fourth-order valence-corrected chi connectivity index (χ4v) is 4.91. The molecule has 2 aliphatic heterocycles. The van der Waals surface area contributed by atoms with Crippen molar-refractivity contribution >= 4 is 22.8 Å². The van der Waals surface area contributed by atoms with E-state index in [2.05, 4.69) is 10.3 Å². The number of amides is 1. The molecule has 3 unspecified atom stereocenters. The van der Waals surface area contributed by atoms with E-state index in [1.54, 1.807) is 30.3 Å². The predicted octanol–water partition coefficient (Wildman–Crippen LogP) is 2.70. The minimum Gasteiger partial charge on any atom is -0.394 e. The number of hydrogen-bond acceptors (Lipinski definition) is 5. The summed E-state index contributed by atoms with van der Waals surface area (Å²) in [5, 5.41) is 12.7. The Morgan fingerprint density at radius 1 is 1.25 bits per heavy atom. The van der Waals surface area contributed by atoms with E-state index in [0.717, 1.165) is 6.07 Å². The first-order valence-electron chi connectivity index (χ1n) is 8.81. The number of halogens is 2. The van der Waals surface area contributed by atoms with Gasteiger partial charge in [-0.05, 0) is 18.2 Å². The molecule has 2 heterocycles. The number of aliphatic hydroxyl groups is 1. The number of benzene rings is 2. The number of fused-ring (bicyclic) bond motifs is 1. The number of hydrogen-bond donors (Lipinski definition) is 2. The van der Waals surface area contributed by atoms with Crippen LogP contribution < -0.4 is 5.32 Å². The molecule has 0 aliphatic carbocycles. The van der Waals surface area contributed by atoms with Gasteiger partial charge >= 0.3 is 0 Å². The van der Waals surface area contributed by atoms with E-state index >= 15 is 0 Å². The van der Waals surface area contributed by atoms with Gasteiger partial charge in [-0.25, -0.2) is 13.8 Å². The molecule has 3 atom stereocenters. The highest BCUT2D eigenvalue weighted by Crippen LogP contribution is 2.48. The highest BCUT2D eigenvalue weighted by molar-refractivity contribution is 8.13. The standard InChI is InChI=1S/C20H18F2N2O3S/c21-15-8-4-7-13(17(15)22)20-11-27-16(9-25)14(20)10-28-19(24-20)23-18(26)12-5-2-1-3-6-12/h1-8,14,16,25H,9-11H2,(H,23,24,26). The van der Waals surface area contributed by atoms with Crippen LogP contribution in [0.1, 0.15) is 15.9 Å². The fraction of sp³-hybridized carbons (Fsp3) is 0.300. The third-order valence-corrected chi connectivity index (χ3v) is 6.13. The van der Waals surface area contributed by atoms with Crippen molar-refractivity contribution in [1.29, 1.82) is 0 Å². The van der Waals surface area contributed by atoms with E-state index in [-0.39, 0.29) is 30.6 Å². The van der Waals surface area contributed by atoms with Crippen molar-refractivity contribution in [3.63, 3.8) is 0 Å². The normalized spacial score (nSPS) is 26.5. The third-order valence-electron chi connectivity index (χ3n) is 5.13. The zero-order valence-corrected chi connectivity index (χ0v) is 15.6. The maximum Gasteiger partial charge on any atom is 0.257 e. The van der Waals surface area contributed by atoms with Gasteiger partial charge in [0.25, 0.3) is 5.91 Å². The van der Waals surface area contributed by atoms with E-state index in [0.29, 0.717) is 16.5 Å². The number of carbonyl (C=O) groups excluding carboxylic acids is 1. The molecule has 0 aromatic heterocycles. The Kier molecular flexibility index (Phi) is 5.18. The monoisotopic (exact) mass is 404 g/mol. The van der Waals surface area contributed by atoms with Crippen molar-refractivity contribution in [3.8, 4) is 0 Å². The minimum atomic E-state index is -1.20. The first-order chi connectivity index (χ1) is 13.5. The largest absolute Gasteiger partial charge is 0.394 e. The van der Waals surface area contributed by atoms with E-state index < -0.39 is 23.3 Å². The summed E-state index contributed by atoms with van der Waals surface area (Å²) in [5.41, 5.74) is -0.667. The van der Waals surface area contributed by atoms with E-state index in [9.17, 15) is 18.7 Å². The zero-order chi connectivity index (χ0) is 19.7. The Morgan fingerprint density at radius 3 is 2.79 bits per heavy atom. The molecule has 8 heteroatoms. The Balaban J connectivity index is 1.73. The SMILES string of the molecule is O=C(NC1=NC2(c3cccc(F)c3F)COC(CO)C2CS1)c1ccccc1. The maximum atomic E-state index is 14.6. The van der Waals surface area contributed by atoms with Crippen molar-refractivity contribution in [2.45, 2.75) is 11.6 Å². The van der Waals surface area contributed by atoms with E-state index in [1.165, 1.54) is 23.9 Å². The lowest BCUT2D eigenvalue weighted by Crippen LogP contribution is -2.45. The second-order valence-electron chi connectivity index (χ2n) is 6.71. The van der Waals surface area contributed by atoms with Crippen molar-refractivity contribution in [2.75, 3.05) is 19.0 Å². The zero-order valence-electron chi connectivity index (χ0n) is 14.8. The van der Waals surface area contributed by atoms with Crippen molar-refractivity contribution in [1.82, 2.24) is 5.32 Å². The quantitative estimate of drug-likeness (QED) is 0.825. The molecule has 0 bridgehead atoms. The molecule has 28 heavy (non-hydrogen) atoms. The number of carbonyl (C=O) groups is 1. The number of thioether (sulfide) groups is 1. The molecule has 1 amide bonds. The van der Waals surface area contributed by atoms with Gasteiger partial charge in [0.1, 0.15) is 5.54 Å². The lowest BCUT2D eigenvalue weighted by molar-refractivity contribution is 0.0436. The molecule has 2 aromatic rings. The van der Waals surface area contributed by atoms with E-state index in [4.69, 9.17) is 4.74 Å². The van der Waals surface area contributed by atoms with Crippen molar-refractivity contribution in [2.24, 2.45) is 10.9 Å². The lowest BCUT2D eigenvalue weighted by atomic mass is 9.79. The van der Waals surface area contributed by atoms with Gasteiger partial charge in [0.05, 0.1) is 19.3 Å². The molecule has 1 fully saturated rings. The van der Waals surface area contributed by atoms with Gasteiger partial charge in [-0.3, -0.25) is 4.79 Å². The van der Waals surface area contributed by atoms with Gasteiger partial charge in [-0.1, -0.05) is 42.1 Å². The first kappa shape index (κ1) is 19.0. The van der Waals surface area contributed by atoms with Gasteiger partial charge in [-0.2, -0.15) is 0 Å². The van der Waals surface area contributed by atoms with Crippen LogP contribution in [0, 0.1) is 17.6 Å². The average Bonchev–Trinajstić information content (AvgIpc) is 3.09. The van der Waals surface area contributed by atoms with Crippen LogP contribution in [0.2, 0.25) is 0 Å². The Labute approximate surface area is 164 Å². The summed E-state index contributed by atoms with van der Waals surface area (Å²) in [6.45, 7) is -0.250. The molecule has 1 saturated heterocycles. The second-order valence-corrected chi connectivity index (χ2v) is 7.72. The molecule has 146 valence electrons. The summed E-state index contributed by atoms with van der Waals surface area (Å²) in [6.07, 6.45) is -0.537. The van der Waals surface area contributed by atoms with Crippen LogP contribution in [0.4, 0.5) is 8.78 Å². The van der Waals surface area contributed by atoms with Gasteiger partial charge in [0.2, 0.25) is 0 Å². The van der Waals surface area contributed by atoms with Gasteiger partial charge in [0.15, 0.2) is 16.8 Å². The summed E-state index contributed by atoms with van der Waals surface area (Å²) in [6, 6.07) is 12.6. The summed E-state index contributed by atoms with van der Waals surface area (Å²) < 4.78 is 34.2. The number of nitrogens with zero attached hydrogens (tertiary/aromatic N) is 1. The van der Waals surface area contributed by atoms with Crippen LogP contribution in [0.3, 0.4) is 0 Å². The number of aliphatic hydroxyl groups excluding tert-OH is 1. The Bertz CT molecular complexity index is 925. The predicted molar refractivity (Wildman–Crippen MR) is 102 cm³/mol. The summed E-state index contributed by atoms with van der Waals surface area (Å²) in [5.74, 6) is -2.20. The molecule has 4 rings (SSSR count). The molecule has 0 spiro atoms. The van der Waals surface area contributed by atoms with Crippen molar-refractivity contribution in [3.05, 3.63) is 71.3 Å². The van der Waals surface area contributed by atoms with Gasteiger partial charge in [0, 0.05) is 22.8 Å². The number of amidine groups is 1. The van der Waals surface area contributed by atoms with Crippen molar-refractivity contribution < 1.29 is 23.4 Å². The number of aliphatic imine (C=N–C) groups is 1. The summed E-state index contributed by atoms with van der Waals surface area (Å²) in [7, 11) is 0.